The fourth-order valence-electron chi connectivity index (χ4n) is 3.16. The maximum Gasteiger partial charge on any atom is 0.291 e. The van der Waals surface area contributed by atoms with Crippen molar-refractivity contribution in [1.29, 1.82) is 0 Å². The highest BCUT2D eigenvalue weighted by Gasteiger charge is 2.33. The van der Waals surface area contributed by atoms with E-state index in [1.807, 2.05) is 0 Å². The number of imidazole rings is 1. The van der Waals surface area contributed by atoms with Gasteiger partial charge in [0.2, 0.25) is 5.95 Å². The Balaban J connectivity index is 2.88. The maximum atomic E-state index is 14.1. The van der Waals surface area contributed by atoms with Crippen molar-refractivity contribution in [2.24, 2.45) is 7.05 Å². The minimum absolute atomic E-state index is 0.320. The molecule has 0 aliphatic rings. The van der Waals surface area contributed by atoms with E-state index < -0.39 is 12.0 Å². The van der Waals surface area contributed by atoms with Crippen LogP contribution >= 0.6 is 0 Å². The minimum atomic E-state index is -0.724. The molecule has 0 aliphatic carbocycles. The molecule has 122 valence electrons. The molecule has 0 radical (unpaired) electrons. The summed E-state index contributed by atoms with van der Waals surface area (Å²) < 4.78 is 28.9. The van der Waals surface area contributed by atoms with E-state index in [1.165, 1.54) is 17.4 Å². The summed E-state index contributed by atoms with van der Waals surface area (Å²) >= 11 is 0. The first kappa shape index (κ1) is 18.1. The average molecular weight is 300 g/mol. The van der Waals surface area contributed by atoms with Crippen LogP contribution in [0.4, 0.5) is 8.78 Å². The molecule has 1 rings (SSSR count). The number of hydrogen-bond acceptors (Lipinski definition) is 1. The quantitative estimate of drug-likeness (QED) is 0.521. The van der Waals surface area contributed by atoms with Crippen LogP contribution in [-0.2, 0) is 12.5 Å². The highest BCUT2D eigenvalue weighted by Crippen LogP contribution is 2.36. The van der Waals surface area contributed by atoms with Crippen LogP contribution in [0.1, 0.15) is 84.3 Å². The lowest BCUT2D eigenvalue weighted by Crippen LogP contribution is -2.27. The first-order valence-corrected chi connectivity index (χ1v) is 8.34. The SMILES string of the molecule is CCCCCCC(C)(CCCCC)c1c(F)nc(F)n1C. The first-order chi connectivity index (χ1) is 9.96. The Bertz CT molecular complexity index is 429. The zero-order valence-corrected chi connectivity index (χ0v) is 14.0. The van der Waals surface area contributed by atoms with E-state index in [4.69, 9.17) is 0 Å². The lowest BCUT2D eigenvalue weighted by Gasteiger charge is -2.30. The molecule has 0 aromatic carbocycles. The topological polar surface area (TPSA) is 17.8 Å². The summed E-state index contributed by atoms with van der Waals surface area (Å²) in [6, 6.07) is 0. The molecular weight excluding hydrogens is 270 g/mol. The van der Waals surface area contributed by atoms with Crippen molar-refractivity contribution in [3.8, 4) is 0 Å². The summed E-state index contributed by atoms with van der Waals surface area (Å²) in [5.41, 5.74) is 0.117. The van der Waals surface area contributed by atoms with Gasteiger partial charge in [-0.15, -0.1) is 0 Å². The van der Waals surface area contributed by atoms with Crippen molar-refractivity contribution in [2.45, 2.75) is 84.0 Å². The van der Waals surface area contributed by atoms with Gasteiger partial charge in [0.1, 0.15) is 0 Å². The van der Waals surface area contributed by atoms with Crippen LogP contribution in [0.25, 0.3) is 0 Å². The Morgan fingerprint density at radius 3 is 1.95 bits per heavy atom. The van der Waals surface area contributed by atoms with Crippen molar-refractivity contribution < 1.29 is 8.78 Å². The molecule has 1 aromatic rings. The van der Waals surface area contributed by atoms with Crippen LogP contribution in [0.2, 0.25) is 0 Å². The largest absolute Gasteiger partial charge is 0.304 e. The van der Waals surface area contributed by atoms with Gasteiger partial charge in [-0.3, -0.25) is 0 Å². The fourth-order valence-corrected chi connectivity index (χ4v) is 3.16. The lowest BCUT2D eigenvalue weighted by atomic mass is 9.77. The summed E-state index contributed by atoms with van der Waals surface area (Å²) in [5.74, 6) is -0.635. The molecule has 1 atom stereocenters. The summed E-state index contributed by atoms with van der Waals surface area (Å²) in [7, 11) is 1.57. The highest BCUT2D eigenvalue weighted by atomic mass is 19.1. The first-order valence-electron chi connectivity index (χ1n) is 8.34. The lowest BCUT2D eigenvalue weighted by molar-refractivity contribution is 0.329. The van der Waals surface area contributed by atoms with Gasteiger partial charge in [0, 0.05) is 12.5 Å². The van der Waals surface area contributed by atoms with Gasteiger partial charge in [0.05, 0.1) is 5.69 Å². The van der Waals surface area contributed by atoms with E-state index in [1.54, 1.807) is 7.05 Å². The van der Waals surface area contributed by atoms with E-state index in [2.05, 4.69) is 25.8 Å². The Morgan fingerprint density at radius 1 is 0.952 bits per heavy atom. The number of halogens is 2. The van der Waals surface area contributed by atoms with Gasteiger partial charge >= 0.3 is 0 Å². The molecule has 1 aromatic heterocycles. The third-order valence-electron chi connectivity index (χ3n) is 4.48. The number of hydrogen-bond donors (Lipinski definition) is 0. The standard InChI is InChI=1S/C17H30F2N2/c1-5-7-9-11-13-17(3,12-10-8-6-2)14-15(18)20-16(19)21(14)4/h5-13H2,1-4H3. The molecule has 1 heterocycles. The summed E-state index contributed by atoms with van der Waals surface area (Å²) in [6.45, 7) is 6.40. The van der Waals surface area contributed by atoms with Crippen LogP contribution < -0.4 is 0 Å². The molecule has 0 aliphatic heterocycles. The third kappa shape index (κ3) is 4.79. The van der Waals surface area contributed by atoms with Crippen molar-refractivity contribution >= 4 is 0 Å². The van der Waals surface area contributed by atoms with Crippen LogP contribution in [-0.4, -0.2) is 9.55 Å². The van der Waals surface area contributed by atoms with E-state index >= 15 is 0 Å². The van der Waals surface area contributed by atoms with Crippen LogP contribution in [0.5, 0.6) is 0 Å². The zero-order chi connectivity index (χ0) is 15.9. The molecule has 21 heavy (non-hydrogen) atoms. The Morgan fingerprint density at radius 2 is 1.48 bits per heavy atom. The Labute approximate surface area is 128 Å². The fraction of sp³-hybridized carbons (Fsp3) is 0.824. The molecule has 0 saturated carbocycles. The Hall–Kier alpha value is -0.930. The number of nitrogens with zero attached hydrogens (tertiary/aromatic N) is 2. The Kier molecular flexibility index (Phi) is 7.33. The molecule has 0 N–H and O–H groups in total. The van der Waals surface area contributed by atoms with E-state index in [0.29, 0.717) is 5.69 Å². The van der Waals surface area contributed by atoms with Crippen LogP contribution in [0, 0.1) is 12.0 Å². The van der Waals surface area contributed by atoms with E-state index in [9.17, 15) is 8.78 Å². The second-order valence-corrected chi connectivity index (χ2v) is 6.41. The molecule has 0 saturated heterocycles. The van der Waals surface area contributed by atoms with Gasteiger partial charge in [0.25, 0.3) is 6.08 Å². The van der Waals surface area contributed by atoms with Gasteiger partial charge in [-0.2, -0.15) is 13.8 Å². The summed E-state index contributed by atoms with van der Waals surface area (Å²) in [4.78, 5) is 3.38. The van der Waals surface area contributed by atoms with Gasteiger partial charge in [-0.25, -0.2) is 0 Å². The minimum Gasteiger partial charge on any atom is -0.304 e. The number of unbranched alkanes of at least 4 members (excludes halogenated alkanes) is 5. The van der Waals surface area contributed by atoms with Gasteiger partial charge in [-0.05, 0) is 12.8 Å². The van der Waals surface area contributed by atoms with Gasteiger partial charge in [-0.1, -0.05) is 65.7 Å². The molecule has 1 unspecified atom stereocenters. The van der Waals surface area contributed by atoms with Crippen molar-refractivity contribution in [1.82, 2.24) is 9.55 Å². The second-order valence-electron chi connectivity index (χ2n) is 6.41. The van der Waals surface area contributed by atoms with Gasteiger partial charge in [0.15, 0.2) is 0 Å². The number of rotatable bonds is 10. The molecule has 0 bridgehead atoms. The van der Waals surface area contributed by atoms with Gasteiger partial charge < -0.3 is 4.57 Å². The summed E-state index contributed by atoms with van der Waals surface area (Å²) in [6.07, 6.45) is 8.97. The van der Waals surface area contributed by atoms with Crippen LogP contribution in [0.15, 0.2) is 0 Å². The molecule has 4 heteroatoms. The predicted octanol–water partition coefficient (Wildman–Crippen LogP) is 5.51. The number of aromatic nitrogens is 2. The van der Waals surface area contributed by atoms with Crippen molar-refractivity contribution in [2.75, 3.05) is 0 Å². The molecular formula is C17H30F2N2. The smallest absolute Gasteiger partial charge is 0.291 e. The third-order valence-corrected chi connectivity index (χ3v) is 4.48. The normalized spacial score (nSPS) is 14.4. The maximum absolute atomic E-state index is 14.1. The zero-order valence-electron chi connectivity index (χ0n) is 14.0. The van der Waals surface area contributed by atoms with Crippen molar-refractivity contribution in [3.63, 3.8) is 0 Å². The molecule has 0 amide bonds. The van der Waals surface area contributed by atoms with E-state index in [-0.39, 0.29) is 5.41 Å². The second kappa shape index (κ2) is 8.50. The molecule has 0 fully saturated rings. The van der Waals surface area contributed by atoms with Crippen molar-refractivity contribution in [3.05, 3.63) is 17.7 Å². The predicted molar refractivity (Wildman–Crippen MR) is 83.4 cm³/mol. The summed E-state index contributed by atoms with van der Waals surface area (Å²) in [5, 5.41) is 0. The molecule has 2 nitrogen and oxygen atoms in total. The highest BCUT2D eigenvalue weighted by molar-refractivity contribution is 5.16. The monoisotopic (exact) mass is 300 g/mol. The van der Waals surface area contributed by atoms with E-state index in [0.717, 1.165) is 44.9 Å². The molecule has 0 spiro atoms. The average Bonchev–Trinajstić information content (AvgIpc) is 2.69. The van der Waals surface area contributed by atoms with Crippen LogP contribution in [0.3, 0.4) is 0 Å².